The van der Waals surface area contributed by atoms with Gasteiger partial charge in [-0.3, -0.25) is 9.59 Å². The van der Waals surface area contributed by atoms with Crippen molar-refractivity contribution in [3.05, 3.63) is 24.0 Å². The zero-order valence-corrected chi connectivity index (χ0v) is 11.7. The standard InChI is InChI=1S/C14H21NO3/c1-10(2)12(16)11-6-7-15(8-11)9-14(3,4)13(17)18-5/h6-8,10H,9H2,1-5H3. The summed E-state index contributed by atoms with van der Waals surface area (Å²) in [5.74, 6) is -0.160. The molecule has 0 spiro atoms. The second-order valence-electron chi connectivity index (χ2n) is 5.47. The SMILES string of the molecule is COC(=O)C(C)(C)Cn1ccc(C(=O)C(C)C)c1. The normalized spacial score (nSPS) is 11.7. The van der Waals surface area contributed by atoms with Gasteiger partial charge in [0.05, 0.1) is 12.5 Å². The van der Waals surface area contributed by atoms with Gasteiger partial charge in [-0.2, -0.15) is 0 Å². The molecule has 0 saturated heterocycles. The van der Waals surface area contributed by atoms with Crippen LogP contribution in [-0.4, -0.2) is 23.4 Å². The number of nitrogens with zero attached hydrogens (tertiary/aromatic N) is 1. The van der Waals surface area contributed by atoms with Gasteiger partial charge in [-0.25, -0.2) is 0 Å². The van der Waals surface area contributed by atoms with Gasteiger partial charge in [0.1, 0.15) is 0 Å². The number of ether oxygens (including phenoxy) is 1. The average molecular weight is 251 g/mol. The molecular weight excluding hydrogens is 230 g/mol. The third-order valence-corrected chi connectivity index (χ3v) is 2.88. The molecular formula is C14H21NO3. The Balaban J connectivity index is 2.82. The first-order valence-electron chi connectivity index (χ1n) is 6.06. The second-order valence-corrected chi connectivity index (χ2v) is 5.47. The van der Waals surface area contributed by atoms with E-state index in [9.17, 15) is 9.59 Å². The zero-order chi connectivity index (χ0) is 13.9. The van der Waals surface area contributed by atoms with E-state index in [2.05, 4.69) is 0 Å². The maximum Gasteiger partial charge on any atom is 0.313 e. The predicted octanol–water partition coefficient (Wildman–Crippen LogP) is 2.53. The van der Waals surface area contributed by atoms with Crippen molar-refractivity contribution in [3.8, 4) is 0 Å². The van der Waals surface area contributed by atoms with E-state index >= 15 is 0 Å². The number of Topliss-reactive ketones (excluding diaryl/α,β-unsaturated/α-hetero) is 1. The Hall–Kier alpha value is -1.58. The largest absolute Gasteiger partial charge is 0.469 e. The van der Waals surface area contributed by atoms with E-state index in [0.717, 1.165) is 0 Å². The molecule has 1 rings (SSSR count). The lowest BCUT2D eigenvalue weighted by molar-refractivity contribution is -0.151. The van der Waals surface area contributed by atoms with E-state index in [1.807, 2.05) is 38.5 Å². The van der Waals surface area contributed by atoms with E-state index in [0.29, 0.717) is 12.1 Å². The lowest BCUT2D eigenvalue weighted by Crippen LogP contribution is -2.30. The summed E-state index contributed by atoms with van der Waals surface area (Å²) in [4.78, 5) is 23.4. The average Bonchev–Trinajstić information content (AvgIpc) is 2.74. The molecule has 1 aromatic rings. The molecule has 1 heterocycles. The molecule has 0 amide bonds. The third kappa shape index (κ3) is 3.22. The van der Waals surface area contributed by atoms with Crippen LogP contribution in [0.3, 0.4) is 0 Å². The first-order chi connectivity index (χ1) is 8.27. The van der Waals surface area contributed by atoms with Gasteiger partial charge >= 0.3 is 5.97 Å². The Labute approximate surface area is 108 Å². The Morgan fingerprint density at radius 1 is 1.39 bits per heavy atom. The molecule has 0 aliphatic rings. The van der Waals surface area contributed by atoms with E-state index in [1.165, 1.54) is 7.11 Å². The lowest BCUT2D eigenvalue weighted by Gasteiger charge is -2.21. The molecule has 0 aliphatic heterocycles. The molecule has 0 aliphatic carbocycles. The molecule has 1 aromatic heterocycles. The van der Waals surface area contributed by atoms with E-state index in [1.54, 1.807) is 12.3 Å². The summed E-state index contributed by atoms with van der Waals surface area (Å²) in [6, 6.07) is 1.79. The van der Waals surface area contributed by atoms with E-state index in [-0.39, 0.29) is 17.7 Å². The van der Waals surface area contributed by atoms with Crippen molar-refractivity contribution >= 4 is 11.8 Å². The highest BCUT2D eigenvalue weighted by atomic mass is 16.5. The molecule has 0 aromatic carbocycles. The lowest BCUT2D eigenvalue weighted by atomic mass is 9.94. The van der Waals surface area contributed by atoms with Gasteiger partial charge in [0.15, 0.2) is 5.78 Å². The number of esters is 1. The van der Waals surface area contributed by atoms with Gasteiger partial charge in [0.25, 0.3) is 0 Å². The van der Waals surface area contributed by atoms with Gasteiger partial charge in [0, 0.05) is 30.4 Å². The van der Waals surface area contributed by atoms with Crippen molar-refractivity contribution in [1.82, 2.24) is 4.57 Å². The smallest absolute Gasteiger partial charge is 0.313 e. The Kier molecular flexibility index (Phi) is 4.33. The first-order valence-corrected chi connectivity index (χ1v) is 6.06. The van der Waals surface area contributed by atoms with Gasteiger partial charge in [-0.1, -0.05) is 13.8 Å². The van der Waals surface area contributed by atoms with Crippen LogP contribution in [0, 0.1) is 11.3 Å². The Morgan fingerprint density at radius 2 is 2.00 bits per heavy atom. The maximum absolute atomic E-state index is 11.8. The number of aromatic nitrogens is 1. The third-order valence-electron chi connectivity index (χ3n) is 2.88. The van der Waals surface area contributed by atoms with Crippen LogP contribution < -0.4 is 0 Å². The fraction of sp³-hybridized carbons (Fsp3) is 0.571. The predicted molar refractivity (Wildman–Crippen MR) is 69.4 cm³/mol. The molecule has 0 saturated carbocycles. The summed E-state index contributed by atoms with van der Waals surface area (Å²) in [6.45, 7) is 7.88. The molecule has 4 nitrogen and oxygen atoms in total. The molecule has 0 N–H and O–H groups in total. The zero-order valence-electron chi connectivity index (χ0n) is 11.7. The van der Waals surface area contributed by atoms with Crippen LogP contribution in [0.15, 0.2) is 18.5 Å². The highest BCUT2D eigenvalue weighted by molar-refractivity contribution is 5.97. The minimum Gasteiger partial charge on any atom is -0.469 e. The molecule has 0 unspecified atom stereocenters. The van der Waals surface area contributed by atoms with Crippen LogP contribution in [0.25, 0.3) is 0 Å². The molecule has 100 valence electrons. The van der Waals surface area contributed by atoms with Crippen molar-refractivity contribution in [1.29, 1.82) is 0 Å². The number of ketones is 1. The van der Waals surface area contributed by atoms with E-state index in [4.69, 9.17) is 4.74 Å². The number of hydrogen-bond donors (Lipinski definition) is 0. The molecule has 0 fully saturated rings. The van der Waals surface area contributed by atoms with Gasteiger partial charge in [0.2, 0.25) is 0 Å². The summed E-state index contributed by atoms with van der Waals surface area (Å²) >= 11 is 0. The van der Waals surface area contributed by atoms with Crippen LogP contribution in [0.5, 0.6) is 0 Å². The topological polar surface area (TPSA) is 48.3 Å². The Bertz CT molecular complexity index is 444. The Morgan fingerprint density at radius 3 is 2.50 bits per heavy atom. The molecule has 4 heteroatoms. The quantitative estimate of drug-likeness (QED) is 0.597. The highest BCUT2D eigenvalue weighted by Crippen LogP contribution is 2.21. The van der Waals surface area contributed by atoms with Gasteiger partial charge in [-0.05, 0) is 19.9 Å². The van der Waals surface area contributed by atoms with Crippen LogP contribution in [0.2, 0.25) is 0 Å². The van der Waals surface area contributed by atoms with Crippen LogP contribution in [0.1, 0.15) is 38.1 Å². The first kappa shape index (κ1) is 14.5. The van der Waals surface area contributed by atoms with Crippen LogP contribution >= 0.6 is 0 Å². The number of rotatable bonds is 5. The van der Waals surface area contributed by atoms with Crippen molar-refractivity contribution in [3.63, 3.8) is 0 Å². The van der Waals surface area contributed by atoms with Crippen LogP contribution in [-0.2, 0) is 16.1 Å². The molecule has 0 bridgehead atoms. The summed E-state index contributed by atoms with van der Waals surface area (Å²) in [5.41, 5.74) is 0.0806. The molecule has 0 radical (unpaired) electrons. The summed E-state index contributed by atoms with van der Waals surface area (Å²) < 4.78 is 6.61. The van der Waals surface area contributed by atoms with Gasteiger partial charge < -0.3 is 9.30 Å². The number of hydrogen-bond acceptors (Lipinski definition) is 3. The highest BCUT2D eigenvalue weighted by Gasteiger charge is 2.29. The minimum absolute atomic E-state index is 0.0190. The van der Waals surface area contributed by atoms with Gasteiger partial charge in [-0.15, -0.1) is 0 Å². The monoisotopic (exact) mass is 251 g/mol. The van der Waals surface area contributed by atoms with Crippen molar-refractivity contribution < 1.29 is 14.3 Å². The summed E-state index contributed by atoms with van der Waals surface area (Å²) in [5, 5.41) is 0. The van der Waals surface area contributed by atoms with Crippen molar-refractivity contribution in [2.24, 2.45) is 11.3 Å². The number of methoxy groups -OCH3 is 1. The summed E-state index contributed by atoms with van der Waals surface area (Å²) in [6.07, 6.45) is 3.60. The minimum atomic E-state index is -0.605. The molecule has 18 heavy (non-hydrogen) atoms. The molecule has 0 atom stereocenters. The van der Waals surface area contributed by atoms with Crippen LogP contribution in [0.4, 0.5) is 0 Å². The van der Waals surface area contributed by atoms with E-state index < -0.39 is 5.41 Å². The fourth-order valence-electron chi connectivity index (χ4n) is 1.82. The van der Waals surface area contributed by atoms with Crippen molar-refractivity contribution in [2.45, 2.75) is 34.2 Å². The number of carbonyl (C=O) groups excluding carboxylic acids is 2. The number of carbonyl (C=O) groups is 2. The fourth-order valence-corrected chi connectivity index (χ4v) is 1.82. The second kappa shape index (κ2) is 5.38. The summed E-state index contributed by atoms with van der Waals surface area (Å²) in [7, 11) is 1.38. The maximum atomic E-state index is 11.8. The van der Waals surface area contributed by atoms with Crippen molar-refractivity contribution in [2.75, 3.05) is 7.11 Å².